The number of hydrogen-bond acceptors (Lipinski definition) is 3. The Bertz CT molecular complexity index is 737. The molecule has 0 saturated heterocycles. The van der Waals surface area contributed by atoms with Gasteiger partial charge in [-0.25, -0.2) is 8.42 Å². The molecular weight excluding hydrogens is 352 g/mol. The maximum absolute atomic E-state index is 12.5. The Morgan fingerprint density at radius 2 is 1.76 bits per heavy atom. The smallest absolute Gasteiger partial charge is 0.206 e. The molecular formula is C16H15BrO3S. The van der Waals surface area contributed by atoms with Gasteiger partial charge in [-0.15, -0.1) is 0 Å². The molecule has 2 aromatic rings. The van der Waals surface area contributed by atoms with Crippen molar-refractivity contribution in [2.24, 2.45) is 5.92 Å². The highest BCUT2D eigenvalue weighted by molar-refractivity contribution is 9.10. The number of sulfone groups is 1. The van der Waals surface area contributed by atoms with Gasteiger partial charge in [-0.05, 0) is 65.0 Å². The van der Waals surface area contributed by atoms with E-state index in [2.05, 4.69) is 15.9 Å². The Morgan fingerprint density at radius 1 is 1.05 bits per heavy atom. The van der Waals surface area contributed by atoms with Gasteiger partial charge in [0, 0.05) is 0 Å². The summed E-state index contributed by atoms with van der Waals surface area (Å²) in [5.74, 6) is 1.35. The van der Waals surface area contributed by atoms with Gasteiger partial charge in [0.05, 0.1) is 20.9 Å². The molecule has 0 aliphatic heterocycles. The fraction of sp³-hybridized carbons (Fsp3) is 0.250. The van der Waals surface area contributed by atoms with Crippen molar-refractivity contribution in [1.82, 2.24) is 0 Å². The highest BCUT2D eigenvalue weighted by Gasteiger charge is 2.23. The zero-order valence-corrected chi connectivity index (χ0v) is 13.7. The lowest BCUT2D eigenvalue weighted by Crippen LogP contribution is -2.03. The van der Waals surface area contributed by atoms with Crippen LogP contribution in [0.2, 0.25) is 0 Å². The molecule has 0 unspecified atom stereocenters. The number of ether oxygens (including phenoxy) is 1. The fourth-order valence-corrected chi connectivity index (χ4v) is 3.95. The molecule has 2 aromatic carbocycles. The van der Waals surface area contributed by atoms with E-state index in [4.69, 9.17) is 4.74 Å². The van der Waals surface area contributed by atoms with Gasteiger partial charge in [-0.2, -0.15) is 0 Å². The summed E-state index contributed by atoms with van der Waals surface area (Å²) < 4.78 is 31.4. The van der Waals surface area contributed by atoms with Gasteiger partial charge in [-0.1, -0.05) is 18.2 Å². The maximum atomic E-state index is 12.5. The summed E-state index contributed by atoms with van der Waals surface area (Å²) in [5, 5.41) is 0. The second kappa shape index (κ2) is 5.81. The van der Waals surface area contributed by atoms with Crippen LogP contribution < -0.4 is 4.74 Å². The molecule has 1 saturated carbocycles. The summed E-state index contributed by atoms with van der Waals surface area (Å²) in [6.07, 6.45) is 2.44. The zero-order chi connectivity index (χ0) is 14.9. The average molecular weight is 367 g/mol. The third kappa shape index (κ3) is 3.30. The van der Waals surface area contributed by atoms with E-state index >= 15 is 0 Å². The van der Waals surface area contributed by atoms with E-state index in [1.165, 1.54) is 12.8 Å². The Labute approximate surface area is 133 Å². The van der Waals surface area contributed by atoms with Crippen LogP contribution >= 0.6 is 15.9 Å². The van der Waals surface area contributed by atoms with Crippen molar-refractivity contribution in [3.8, 4) is 5.75 Å². The maximum Gasteiger partial charge on any atom is 0.206 e. The molecule has 0 N–H and O–H groups in total. The molecule has 0 radical (unpaired) electrons. The van der Waals surface area contributed by atoms with E-state index in [0.29, 0.717) is 27.6 Å². The predicted molar refractivity (Wildman–Crippen MR) is 84.3 cm³/mol. The first kappa shape index (κ1) is 14.6. The van der Waals surface area contributed by atoms with Gasteiger partial charge in [0.25, 0.3) is 0 Å². The van der Waals surface area contributed by atoms with Crippen molar-refractivity contribution >= 4 is 25.8 Å². The van der Waals surface area contributed by atoms with Gasteiger partial charge >= 0.3 is 0 Å². The summed E-state index contributed by atoms with van der Waals surface area (Å²) in [6.45, 7) is 0.698. The fourth-order valence-electron chi connectivity index (χ4n) is 1.99. The molecule has 0 atom stereocenters. The molecule has 1 fully saturated rings. The molecule has 0 amide bonds. The van der Waals surface area contributed by atoms with Gasteiger partial charge in [0.15, 0.2) is 0 Å². The summed E-state index contributed by atoms with van der Waals surface area (Å²) in [5.41, 5.74) is 0. The van der Waals surface area contributed by atoms with Crippen LogP contribution in [0.5, 0.6) is 5.75 Å². The van der Waals surface area contributed by atoms with Crippen molar-refractivity contribution in [3.63, 3.8) is 0 Å². The van der Waals surface area contributed by atoms with Gasteiger partial charge < -0.3 is 4.74 Å². The van der Waals surface area contributed by atoms with Crippen molar-refractivity contribution in [1.29, 1.82) is 0 Å². The molecule has 0 bridgehead atoms. The lowest BCUT2D eigenvalue weighted by atomic mass is 10.3. The quantitative estimate of drug-likeness (QED) is 0.800. The van der Waals surface area contributed by atoms with Gasteiger partial charge in [0.2, 0.25) is 9.84 Å². The Balaban J connectivity index is 1.87. The third-order valence-electron chi connectivity index (χ3n) is 3.44. The first-order valence-electron chi connectivity index (χ1n) is 6.80. The molecule has 0 heterocycles. The number of benzene rings is 2. The molecule has 110 valence electrons. The molecule has 1 aliphatic rings. The Kier molecular flexibility index (Phi) is 4.04. The van der Waals surface area contributed by atoms with Crippen LogP contribution in [-0.2, 0) is 9.84 Å². The Morgan fingerprint density at radius 3 is 2.38 bits per heavy atom. The van der Waals surface area contributed by atoms with Gasteiger partial charge in [0.1, 0.15) is 5.75 Å². The minimum atomic E-state index is -3.48. The SMILES string of the molecule is O=S(=O)(c1ccccc1)c1ccc(OCC2CC2)c(Br)c1. The minimum Gasteiger partial charge on any atom is -0.492 e. The number of rotatable bonds is 5. The second-order valence-corrected chi connectivity index (χ2v) is 7.97. The lowest BCUT2D eigenvalue weighted by Gasteiger charge is -2.10. The lowest BCUT2D eigenvalue weighted by molar-refractivity contribution is 0.298. The Hall–Kier alpha value is -1.33. The molecule has 21 heavy (non-hydrogen) atoms. The highest BCUT2D eigenvalue weighted by atomic mass is 79.9. The summed E-state index contributed by atoms with van der Waals surface area (Å²) in [4.78, 5) is 0.558. The molecule has 5 heteroatoms. The van der Waals surface area contributed by atoms with Crippen LogP contribution in [0.25, 0.3) is 0 Å². The molecule has 1 aliphatic carbocycles. The van der Waals surface area contributed by atoms with Crippen LogP contribution in [0.3, 0.4) is 0 Å². The van der Waals surface area contributed by atoms with Crippen LogP contribution in [0.15, 0.2) is 62.8 Å². The van der Waals surface area contributed by atoms with E-state index in [-0.39, 0.29) is 4.90 Å². The van der Waals surface area contributed by atoms with E-state index < -0.39 is 9.84 Å². The summed E-state index contributed by atoms with van der Waals surface area (Å²) in [7, 11) is -3.48. The van der Waals surface area contributed by atoms with E-state index in [0.717, 1.165) is 0 Å². The van der Waals surface area contributed by atoms with Crippen molar-refractivity contribution in [3.05, 3.63) is 53.0 Å². The van der Waals surface area contributed by atoms with E-state index in [9.17, 15) is 8.42 Å². The molecule has 3 nitrogen and oxygen atoms in total. The normalized spacial score (nSPS) is 14.9. The standard InChI is InChI=1S/C16H15BrO3S/c17-15-10-14(8-9-16(15)20-11-12-6-7-12)21(18,19)13-4-2-1-3-5-13/h1-5,8-10,12H,6-7,11H2. The third-order valence-corrected chi connectivity index (χ3v) is 5.83. The van der Waals surface area contributed by atoms with Crippen LogP contribution in [-0.4, -0.2) is 15.0 Å². The highest BCUT2D eigenvalue weighted by Crippen LogP contribution is 2.33. The van der Waals surface area contributed by atoms with Crippen molar-refractivity contribution < 1.29 is 13.2 Å². The largest absolute Gasteiger partial charge is 0.492 e. The van der Waals surface area contributed by atoms with Crippen molar-refractivity contribution in [2.75, 3.05) is 6.61 Å². The average Bonchev–Trinajstić information content (AvgIpc) is 3.31. The van der Waals surface area contributed by atoms with Gasteiger partial charge in [-0.3, -0.25) is 0 Å². The topological polar surface area (TPSA) is 43.4 Å². The molecule has 3 rings (SSSR count). The van der Waals surface area contributed by atoms with E-state index in [1.807, 2.05) is 0 Å². The number of halogens is 1. The first-order chi connectivity index (χ1) is 10.1. The zero-order valence-electron chi connectivity index (χ0n) is 11.3. The number of hydrogen-bond donors (Lipinski definition) is 0. The predicted octanol–water partition coefficient (Wildman–Crippen LogP) is 4.07. The van der Waals surface area contributed by atoms with E-state index in [1.54, 1.807) is 48.5 Å². The minimum absolute atomic E-state index is 0.263. The van der Waals surface area contributed by atoms with Crippen LogP contribution in [0.4, 0.5) is 0 Å². The first-order valence-corrected chi connectivity index (χ1v) is 9.07. The molecule has 0 aromatic heterocycles. The summed E-state index contributed by atoms with van der Waals surface area (Å²) in [6, 6.07) is 13.3. The van der Waals surface area contributed by atoms with Crippen molar-refractivity contribution in [2.45, 2.75) is 22.6 Å². The van der Waals surface area contributed by atoms with Crippen LogP contribution in [0.1, 0.15) is 12.8 Å². The molecule has 0 spiro atoms. The monoisotopic (exact) mass is 366 g/mol. The van der Waals surface area contributed by atoms with Crippen LogP contribution in [0, 0.1) is 5.92 Å². The summed E-state index contributed by atoms with van der Waals surface area (Å²) >= 11 is 3.39. The second-order valence-electron chi connectivity index (χ2n) is 5.16.